The molecule has 1 aromatic heterocycles. The molecule has 0 bridgehead atoms. The molecule has 5 nitrogen and oxygen atoms in total. The fourth-order valence-corrected chi connectivity index (χ4v) is 1.61. The van der Waals surface area contributed by atoms with Crippen LogP contribution in [0, 0.1) is 0 Å². The van der Waals surface area contributed by atoms with Gasteiger partial charge in [0.05, 0.1) is 0 Å². The number of rotatable bonds is 8. The summed E-state index contributed by atoms with van der Waals surface area (Å²) in [5, 5.41) is 6.84. The zero-order valence-corrected chi connectivity index (χ0v) is 10.6. The van der Waals surface area contributed by atoms with Crippen LogP contribution in [0.2, 0.25) is 0 Å². The average molecular weight is 239 g/mol. The number of hydrogen-bond donors (Lipinski definition) is 1. The number of ether oxygens (including phenoxy) is 1. The summed E-state index contributed by atoms with van der Waals surface area (Å²) >= 11 is 0. The number of methoxy groups -OCH3 is 1. The van der Waals surface area contributed by atoms with Gasteiger partial charge in [-0.1, -0.05) is 12.8 Å². The summed E-state index contributed by atoms with van der Waals surface area (Å²) in [6.45, 7) is 1.54. The van der Waals surface area contributed by atoms with Crippen molar-refractivity contribution in [2.45, 2.75) is 25.7 Å². The number of amides is 1. The van der Waals surface area contributed by atoms with E-state index in [4.69, 9.17) is 4.74 Å². The van der Waals surface area contributed by atoms with E-state index in [2.05, 4.69) is 10.4 Å². The Labute approximate surface area is 102 Å². The summed E-state index contributed by atoms with van der Waals surface area (Å²) in [6, 6.07) is 1.72. The first-order valence-electron chi connectivity index (χ1n) is 6.01. The molecule has 96 valence electrons. The summed E-state index contributed by atoms with van der Waals surface area (Å²) in [4.78, 5) is 11.7. The van der Waals surface area contributed by atoms with E-state index < -0.39 is 0 Å². The predicted octanol–water partition coefficient (Wildman–Crippen LogP) is 1.36. The maximum Gasteiger partial charge on any atom is 0.269 e. The number of nitrogens with zero attached hydrogens (tertiary/aromatic N) is 2. The predicted molar refractivity (Wildman–Crippen MR) is 65.9 cm³/mol. The lowest BCUT2D eigenvalue weighted by molar-refractivity contribution is 0.0943. The number of carbonyl (C=O) groups excluding carboxylic acids is 1. The van der Waals surface area contributed by atoms with Gasteiger partial charge in [-0.25, -0.2) is 0 Å². The zero-order valence-electron chi connectivity index (χ0n) is 10.6. The van der Waals surface area contributed by atoms with E-state index in [1.807, 2.05) is 0 Å². The number of carbonyl (C=O) groups is 1. The second-order valence-electron chi connectivity index (χ2n) is 4.00. The monoisotopic (exact) mass is 239 g/mol. The molecule has 1 rings (SSSR count). The number of aromatic nitrogens is 2. The van der Waals surface area contributed by atoms with Gasteiger partial charge in [-0.2, -0.15) is 5.10 Å². The van der Waals surface area contributed by atoms with Gasteiger partial charge in [-0.15, -0.1) is 0 Å². The van der Waals surface area contributed by atoms with Gasteiger partial charge in [0.2, 0.25) is 0 Å². The van der Waals surface area contributed by atoms with Crippen molar-refractivity contribution < 1.29 is 9.53 Å². The molecule has 1 N–H and O–H groups in total. The second-order valence-corrected chi connectivity index (χ2v) is 4.00. The zero-order chi connectivity index (χ0) is 12.5. The third kappa shape index (κ3) is 4.99. The third-order valence-electron chi connectivity index (χ3n) is 2.61. The highest BCUT2D eigenvalue weighted by molar-refractivity contribution is 5.92. The SMILES string of the molecule is COCCCCCCNC(=O)c1ccnn1C. The van der Waals surface area contributed by atoms with E-state index in [0.29, 0.717) is 5.69 Å². The van der Waals surface area contributed by atoms with Crippen molar-refractivity contribution in [1.29, 1.82) is 0 Å². The number of nitrogens with one attached hydrogen (secondary N) is 1. The Hall–Kier alpha value is -1.36. The van der Waals surface area contributed by atoms with Crippen LogP contribution in [0.15, 0.2) is 12.3 Å². The van der Waals surface area contributed by atoms with E-state index in [-0.39, 0.29) is 5.91 Å². The van der Waals surface area contributed by atoms with Crippen LogP contribution in [-0.4, -0.2) is 35.9 Å². The van der Waals surface area contributed by atoms with Crippen molar-refractivity contribution in [2.75, 3.05) is 20.3 Å². The normalized spacial score (nSPS) is 10.5. The van der Waals surface area contributed by atoms with Crippen LogP contribution in [0.4, 0.5) is 0 Å². The van der Waals surface area contributed by atoms with E-state index >= 15 is 0 Å². The van der Waals surface area contributed by atoms with Crippen LogP contribution in [0.5, 0.6) is 0 Å². The molecule has 5 heteroatoms. The van der Waals surface area contributed by atoms with E-state index in [1.165, 1.54) is 0 Å². The van der Waals surface area contributed by atoms with Crippen molar-refractivity contribution in [3.8, 4) is 0 Å². The van der Waals surface area contributed by atoms with E-state index in [9.17, 15) is 4.79 Å². The van der Waals surface area contributed by atoms with Crippen LogP contribution in [0.25, 0.3) is 0 Å². The van der Waals surface area contributed by atoms with Gasteiger partial charge in [-0.3, -0.25) is 9.48 Å². The Kier molecular flexibility index (Phi) is 6.32. The molecule has 1 heterocycles. The largest absolute Gasteiger partial charge is 0.385 e. The minimum Gasteiger partial charge on any atom is -0.385 e. The van der Waals surface area contributed by atoms with Gasteiger partial charge in [-0.05, 0) is 18.9 Å². The molecule has 0 radical (unpaired) electrons. The summed E-state index contributed by atoms with van der Waals surface area (Å²) in [5.41, 5.74) is 0.601. The minimum absolute atomic E-state index is 0.0538. The fourth-order valence-electron chi connectivity index (χ4n) is 1.61. The average Bonchev–Trinajstić information content (AvgIpc) is 2.74. The lowest BCUT2D eigenvalue weighted by atomic mass is 10.2. The molecule has 1 amide bonds. The first-order valence-corrected chi connectivity index (χ1v) is 6.01. The second kappa shape index (κ2) is 7.84. The molecule has 1 aromatic rings. The van der Waals surface area contributed by atoms with Crippen LogP contribution in [-0.2, 0) is 11.8 Å². The lowest BCUT2D eigenvalue weighted by Gasteiger charge is -2.05. The Morgan fingerprint density at radius 3 is 2.82 bits per heavy atom. The molecule has 0 aliphatic heterocycles. The number of aryl methyl sites for hydroxylation is 1. The molecule has 17 heavy (non-hydrogen) atoms. The molecule has 0 aliphatic rings. The molecule has 0 atom stereocenters. The Balaban J connectivity index is 2.07. The van der Waals surface area contributed by atoms with Gasteiger partial charge >= 0.3 is 0 Å². The number of unbranched alkanes of at least 4 members (excludes halogenated alkanes) is 3. The third-order valence-corrected chi connectivity index (χ3v) is 2.61. The van der Waals surface area contributed by atoms with Gasteiger partial charge in [0.1, 0.15) is 5.69 Å². The topological polar surface area (TPSA) is 56.1 Å². The van der Waals surface area contributed by atoms with Crippen molar-refractivity contribution in [2.24, 2.45) is 7.05 Å². The summed E-state index contributed by atoms with van der Waals surface area (Å²) in [7, 11) is 3.48. The lowest BCUT2D eigenvalue weighted by Crippen LogP contribution is -2.26. The Bertz CT molecular complexity index is 336. The van der Waals surface area contributed by atoms with Crippen molar-refractivity contribution >= 4 is 5.91 Å². The molecular weight excluding hydrogens is 218 g/mol. The van der Waals surface area contributed by atoms with Gasteiger partial charge < -0.3 is 10.1 Å². The fraction of sp³-hybridized carbons (Fsp3) is 0.667. The molecule has 0 aliphatic carbocycles. The molecule has 0 spiro atoms. The molecule has 0 saturated carbocycles. The quantitative estimate of drug-likeness (QED) is 0.697. The molecule has 0 unspecified atom stereocenters. The van der Waals surface area contributed by atoms with Crippen LogP contribution in [0.3, 0.4) is 0 Å². The van der Waals surface area contributed by atoms with Gasteiger partial charge in [0.25, 0.3) is 5.91 Å². The molecule has 0 fully saturated rings. The maximum atomic E-state index is 11.7. The van der Waals surface area contributed by atoms with Crippen LogP contribution < -0.4 is 5.32 Å². The molecule has 0 saturated heterocycles. The van der Waals surface area contributed by atoms with Crippen molar-refractivity contribution in [1.82, 2.24) is 15.1 Å². The first kappa shape index (κ1) is 13.7. The highest BCUT2D eigenvalue weighted by atomic mass is 16.5. The Morgan fingerprint density at radius 2 is 2.18 bits per heavy atom. The van der Waals surface area contributed by atoms with Gasteiger partial charge in [0, 0.05) is 33.5 Å². The standard InChI is InChI=1S/C12H21N3O2/c1-15-11(7-9-14-15)12(16)13-8-5-3-4-6-10-17-2/h7,9H,3-6,8,10H2,1-2H3,(H,13,16). The van der Waals surface area contributed by atoms with Crippen LogP contribution in [0.1, 0.15) is 36.2 Å². The smallest absolute Gasteiger partial charge is 0.269 e. The van der Waals surface area contributed by atoms with E-state index in [0.717, 1.165) is 38.8 Å². The van der Waals surface area contributed by atoms with Crippen molar-refractivity contribution in [3.63, 3.8) is 0 Å². The van der Waals surface area contributed by atoms with E-state index in [1.54, 1.807) is 31.1 Å². The molecular formula is C12H21N3O2. The van der Waals surface area contributed by atoms with Crippen LogP contribution >= 0.6 is 0 Å². The highest BCUT2D eigenvalue weighted by Crippen LogP contribution is 2.00. The molecule has 0 aromatic carbocycles. The number of hydrogen-bond acceptors (Lipinski definition) is 3. The Morgan fingerprint density at radius 1 is 1.41 bits per heavy atom. The summed E-state index contributed by atoms with van der Waals surface area (Å²) in [5.74, 6) is -0.0538. The summed E-state index contributed by atoms with van der Waals surface area (Å²) in [6.07, 6.45) is 5.99. The van der Waals surface area contributed by atoms with Gasteiger partial charge in [0.15, 0.2) is 0 Å². The summed E-state index contributed by atoms with van der Waals surface area (Å²) < 4.78 is 6.55. The van der Waals surface area contributed by atoms with Crippen molar-refractivity contribution in [3.05, 3.63) is 18.0 Å². The first-order chi connectivity index (χ1) is 8.25. The minimum atomic E-state index is -0.0538. The highest BCUT2D eigenvalue weighted by Gasteiger charge is 2.07. The maximum absolute atomic E-state index is 11.7.